The standard InChI is InChI=1S/C22H21N3O3/c1-14-4-9-19(15(2)12-14)25-21(26)20-13-18(10-11-23-20)24-17-7-5-16(6-8-17)22(27)28-3/h4-13H,1-3H3,(H,23,24)(H,25,26). The first-order chi connectivity index (χ1) is 13.5. The number of nitrogens with one attached hydrogen (secondary N) is 2. The number of pyridine rings is 1. The maximum atomic E-state index is 12.6. The Labute approximate surface area is 163 Å². The van der Waals surface area contributed by atoms with Crippen LogP contribution in [0.5, 0.6) is 0 Å². The lowest BCUT2D eigenvalue weighted by atomic mass is 10.1. The van der Waals surface area contributed by atoms with Gasteiger partial charge in [-0.2, -0.15) is 0 Å². The fourth-order valence-electron chi connectivity index (χ4n) is 2.75. The number of carbonyl (C=O) groups is 2. The molecule has 1 heterocycles. The number of anilines is 3. The van der Waals surface area contributed by atoms with E-state index < -0.39 is 0 Å². The quantitative estimate of drug-likeness (QED) is 0.643. The molecule has 1 aromatic heterocycles. The Morgan fingerprint density at radius 1 is 0.929 bits per heavy atom. The molecule has 0 unspecified atom stereocenters. The van der Waals surface area contributed by atoms with Crippen LogP contribution in [-0.2, 0) is 4.74 Å². The molecule has 1 amide bonds. The lowest BCUT2D eigenvalue weighted by Gasteiger charge is -2.11. The highest BCUT2D eigenvalue weighted by Gasteiger charge is 2.10. The molecule has 0 saturated carbocycles. The number of amides is 1. The van der Waals surface area contributed by atoms with Crippen molar-refractivity contribution in [1.82, 2.24) is 4.98 Å². The summed E-state index contributed by atoms with van der Waals surface area (Å²) in [5.74, 6) is -0.669. The van der Waals surface area contributed by atoms with Gasteiger partial charge in [0, 0.05) is 23.3 Å². The van der Waals surface area contributed by atoms with Crippen LogP contribution in [0.2, 0.25) is 0 Å². The summed E-state index contributed by atoms with van der Waals surface area (Å²) in [4.78, 5) is 28.2. The molecule has 3 aromatic rings. The lowest BCUT2D eigenvalue weighted by molar-refractivity contribution is 0.0600. The summed E-state index contributed by atoms with van der Waals surface area (Å²) < 4.78 is 4.69. The van der Waals surface area contributed by atoms with E-state index in [1.54, 1.807) is 42.6 Å². The van der Waals surface area contributed by atoms with Crippen molar-refractivity contribution < 1.29 is 14.3 Å². The molecule has 2 aromatic carbocycles. The van der Waals surface area contributed by atoms with E-state index in [2.05, 4.69) is 20.4 Å². The third kappa shape index (κ3) is 4.54. The van der Waals surface area contributed by atoms with Crippen LogP contribution in [0.4, 0.5) is 17.1 Å². The highest BCUT2D eigenvalue weighted by molar-refractivity contribution is 6.03. The first-order valence-corrected chi connectivity index (χ1v) is 8.76. The van der Waals surface area contributed by atoms with Gasteiger partial charge in [-0.15, -0.1) is 0 Å². The minimum Gasteiger partial charge on any atom is -0.465 e. The van der Waals surface area contributed by atoms with E-state index in [0.29, 0.717) is 16.9 Å². The molecule has 0 aliphatic heterocycles. The van der Waals surface area contributed by atoms with Crippen molar-refractivity contribution >= 4 is 28.9 Å². The Bertz CT molecular complexity index is 1010. The number of aromatic nitrogens is 1. The number of methoxy groups -OCH3 is 1. The van der Waals surface area contributed by atoms with Crippen molar-refractivity contribution in [2.24, 2.45) is 0 Å². The van der Waals surface area contributed by atoms with Crippen LogP contribution in [-0.4, -0.2) is 24.0 Å². The summed E-state index contributed by atoms with van der Waals surface area (Å²) in [5, 5.41) is 6.08. The second-order valence-electron chi connectivity index (χ2n) is 6.40. The Morgan fingerprint density at radius 3 is 2.36 bits per heavy atom. The molecule has 0 atom stereocenters. The van der Waals surface area contributed by atoms with Gasteiger partial charge in [-0.3, -0.25) is 9.78 Å². The van der Waals surface area contributed by atoms with Gasteiger partial charge in [-0.1, -0.05) is 17.7 Å². The number of benzene rings is 2. The lowest BCUT2D eigenvalue weighted by Crippen LogP contribution is -2.14. The third-order valence-corrected chi connectivity index (χ3v) is 4.22. The van der Waals surface area contributed by atoms with Gasteiger partial charge in [0.15, 0.2) is 0 Å². The molecule has 6 heteroatoms. The largest absolute Gasteiger partial charge is 0.465 e. The number of aryl methyl sites for hydroxylation is 2. The molecule has 0 radical (unpaired) electrons. The first kappa shape index (κ1) is 19.1. The van der Waals surface area contributed by atoms with E-state index in [4.69, 9.17) is 0 Å². The zero-order valence-corrected chi connectivity index (χ0v) is 15.9. The Morgan fingerprint density at radius 2 is 1.68 bits per heavy atom. The number of hydrogen-bond donors (Lipinski definition) is 2. The summed E-state index contributed by atoms with van der Waals surface area (Å²) in [6.45, 7) is 3.96. The highest BCUT2D eigenvalue weighted by Crippen LogP contribution is 2.20. The predicted molar refractivity (Wildman–Crippen MR) is 109 cm³/mol. The van der Waals surface area contributed by atoms with E-state index in [0.717, 1.165) is 22.5 Å². The summed E-state index contributed by atoms with van der Waals surface area (Å²) in [5.41, 5.74) is 5.15. The molecule has 28 heavy (non-hydrogen) atoms. The molecule has 0 aliphatic carbocycles. The number of hydrogen-bond acceptors (Lipinski definition) is 5. The smallest absolute Gasteiger partial charge is 0.337 e. The molecule has 0 bridgehead atoms. The van der Waals surface area contributed by atoms with Crippen LogP contribution in [0.3, 0.4) is 0 Å². The number of nitrogens with zero attached hydrogens (tertiary/aromatic N) is 1. The minimum atomic E-state index is -0.388. The summed E-state index contributed by atoms with van der Waals surface area (Å²) in [6.07, 6.45) is 1.57. The second kappa shape index (κ2) is 8.35. The van der Waals surface area contributed by atoms with Gasteiger partial charge in [0.05, 0.1) is 12.7 Å². The summed E-state index contributed by atoms with van der Waals surface area (Å²) >= 11 is 0. The van der Waals surface area contributed by atoms with Gasteiger partial charge in [0.25, 0.3) is 5.91 Å². The van der Waals surface area contributed by atoms with Gasteiger partial charge >= 0.3 is 5.97 Å². The topological polar surface area (TPSA) is 80.3 Å². The number of esters is 1. The normalized spacial score (nSPS) is 10.2. The van der Waals surface area contributed by atoms with E-state index in [1.807, 2.05) is 32.0 Å². The van der Waals surface area contributed by atoms with Crippen molar-refractivity contribution in [1.29, 1.82) is 0 Å². The molecule has 0 spiro atoms. The zero-order valence-electron chi connectivity index (χ0n) is 15.9. The van der Waals surface area contributed by atoms with Crippen LogP contribution in [0, 0.1) is 13.8 Å². The monoisotopic (exact) mass is 375 g/mol. The summed E-state index contributed by atoms with van der Waals surface area (Å²) in [7, 11) is 1.34. The molecule has 142 valence electrons. The number of rotatable bonds is 5. The van der Waals surface area contributed by atoms with Crippen molar-refractivity contribution in [2.45, 2.75) is 13.8 Å². The van der Waals surface area contributed by atoms with Crippen LogP contribution >= 0.6 is 0 Å². The van der Waals surface area contributed by atoms with E-state index in [1.165, 1.54) is 7.11 Å². The number of ether oxygens (including phenoxy) is 1. The average molecular weight is 375 g/mol. The molecular formula is C22H21N3O3. The van der Waals surface area contributed by atoms with Gasteiger partial charge in [0.1, 0.15) is 5.69 Å². The van der Waals surface area contributed by atoms with Crippen LogP contribution in [0.25, 0.3) is 0 Å². The number of carbonyl (C=O) groups excluding carboxylic acids is 2. The Hall–Kier alpha value is -3.67. The molecule has 0 saturated heterocycles. The van der Waals surface area contributed by atoms with Crippen molar-refractivity contribution in [3.05, 3.63) is 83.2 Å². The molecule has 0 fully saturated rings. The fourth-order valence-corrected chi connectivity index (χ4v) is 2.75. The Balaban J connectivity index is 1.72. The van der Waals surface area contributed by atoms with Crippen LogP contribution in [0.1, 0.15) is 32.0 Å². The van der Waals surface area contributed by atoms with Crippen LogP contribution < -0.4 is 10.6 Å². The average Bonchev–Trinajstić information content (AvgIpc) is 2.70. The maximum absolute atomic E-state index is 12.6. The maximum Gasteiger partial charge on any atom is 0.337 e. The first-order valence-electron chi connectivity index (χ1n) is 8.76. The predicted octanol–water partition coefficient (Wildman–Crippen LogP) is 4.48. The molecule has 0 aliphatic rings. The van der Waals surface area contributed by atoms with Gasteiger partial charge in [0.2, 0.25) is 0 Å². The van der Waals surface area contributed by atoms with Crippen molar-refractivity contribution in [3.8, 4) is 0 Å². The van der Waals surface area contributed by atoms with Gasteiger partial charge < -0.3 is 15.4 Å². The van der Waals surface area contributed by atoms with Crippen molar-refractivity contribution in [3.63, 3.8) is 0 Å². The van der Waals surface area contributed by atoms with Crippen molar-refractivity contribution in [2.75, 3.05) is 17.7 Å². The van der Waals surface area contributed by atoms with Gasteiger partial charge in [-0.05, 0) is 61.9 Å². The summed E-state index contributed by atoms with van der Waals surface area (Å²) in [6, 6.07) is 16.2. The van der Waals surface area contributed by atoms with Gasteiger partial charge in [-0.25, -0.2) is 4.79 Å². The highest BCUT2D eigenvalue weighted by atomic mass is 16.5. The van der Waals surface area contributed by atoms with E-state index in [9.17, 15) is 9.59 Å². The molecule has 3 rings (SSSR count). The Kier molecular flexibility index (Phi) is 5.69. The minimum absolute atomic E-state index is 0.281. The molecular weight excluding hydrogens is 354 g/mol. The fraction of sp³-hybridized carbons (Fsp3) is 0.136. The third-order valence-electron chi connectivity index (χ3n) is 4.22. The second-order valence-corrected chi connectivity index (χ2v) is 6.40. The van der Waals surface area contributed by atoms with E-state index in [-0.39, 0.29) is 11.9 Å². The zero-order chi connectivity index (χ0) is 20.1. The molecule has 2 N–H and O–H groups in total. The van der Waals surface area contributed by atoms with Crippen LogP contribution in [0.15, 0.2) is 60.8 Å². The van der Waals surface area contributed by atoms with E-state index >= 15 is 0 Å². The molecule has 6 nitrogen and oxygen atoms in total. The SMILES string of the molecule is COC(=O)c1ccc(Nc2ccnc(C(=O)Nc3ccc(C)cc3C)c2)cc1.